The SMILES string of the molecule is O=Nc1c(O)c(=O)c2ccc(F)cc2[nH]c1=O. The van der Waals surface area contributed by atoms with Gasteiger partial charge in [0, 0.05) is 5.39 Å². The van der Waals surface area contributed by atoms with Crippen LogP contribution in [0.3, 0.4) is 0 Å². The van der Waals surface area contributed by atoms with Crippen molar-refractivity contribution >= 4 is 16.6 Å². The summed E-state index contributed by atoms with van der Waals surface area (Å²) in [5, 5.41) is 11.5. The fourth-order valence-electron chi connectivity index (χ4n) is 1.43. The van der Waals surface area contributed by atoms with Gasteiger partial charge in [0.25, 0.3) is 5.56 Å². The number of benzene rings is 1. The molecule has 1 aromatic carbocycles. The van der Waals surface area contributed by atoms with E-state index in [1.165, 1.54) is 0 Å². The molecule has 0 unspecified atom stereocenters. The molecule has 2 N–H and O–H groups in total. The molecule has 0 atom stereocenters. The maximum atomic E-state index is 12.9. The number of rotatable bonds is 1. The summed E-state index contributed by atoms with van der Waals surface area (Å²) in [5.41, 5.74) is -3.07. The minimum Gasteiger partial charge on any atom is -0.502 e. The van der Waals surface area contributed by atoms with Gasteiger partial charge in [0.05, 0.1) is 5.52 Å². The predicted molar refractivity (Wildman–Crippen MR) is 57.9 cm³/mol. The van der Waals surface area contributed by atoms with Gasteiger partial charge in [-0.05, 0) is 23.4 Å². The molecule has 86 valence electrons. The molecule has 1 heterocycles. The second-order valence-corrected chi connectivity index (χ2v) is 3.26. The summed E-state index contributed by atoms with van der Waals surface area (Å²) in [6, 6.07) is 3.00. The van der Waals surface area contributed by atoms with Crippen LogP contribution in [0.25, 0.3) is 10.9 Å². The number of nitrogens with zero attached hydrogens (tertiary/aromatic N) is 1. The second kappa shape index (κ2) is 3.78. The smallest absolute Gasteiger partial charge is 0.281 e. The van der Waals surface area contributed by atoms with Crippen molar-refractivity contribution in [2.75, 3.05) is 0 Å². The molecule has 7 heteroatoms. The van der Waals surface area contributed by atoms with Crippen LogP contribution >= 0.6 is 0 Å². The molecular formula is C10H5FN2O4. The van der Waals surface area contributed by atoms with Gasteiger partial charge in [-0.2, -0.15) is 0 Å². The van der Waals surface area contributed by atoms with Crippen LogP contribution in [0.5, 0.6) is 5.75 Å². The summed E-state index contributed by atoms with van der Waals surface area (Å²) >= 11 is 0. The van der Waals surface area contributed by atoms with E-state index in [9.17, 15) is 24.0 Å². The van der Waals surface area contributed by atoms with Crippen LogP contribution < -0.4 is 11.0 Å². The number of nitrogens with one attached hydrogen (secondary N) is 1. The van der Waals surface area contributed by atoms with Crippen LogP contribution in [0, 0.1) is 10.7 Å². The summed E-state index contributed by atoms with van der Waals surface area (Å²) in [7, 11) is 0. The summed E-state index contributed by atoms with van der Waals surface area (Å²) in [4.78, 5) is 35.5. The van der Waals surface area contributed by atoms with Crippen LogP contribution in [0.2, 0.25) is 0 Å². The van der Waals surface area contributed by atoms with Crippen LogP contribution in [-0.4, -0.2) is 10.1 Å². The van der Waals surface area contributed by atoms with Crippen molar-refractivity contribution in [3.8, 4) is 5.75 Å². The van der Waals surface area contributed by atoms with E-state index >= 15 is 0 Å². The van der Waals surface area contributed by atoms with E-state index in [1.807, 2.05) is 0 Å². The van der Waals surface area contributed by atoms with E-state index in [-0.39, 0.29) is 10.9 Å². The zero-order chi connectivity index (χ0) is 12.6. The van der Waals surface area contributed by atoms with Crippen molar-refractivity contribution < 1.29 is 9.50 Å². The highest BCUT2D eigenvalue weighted by atomic mass is 19.1. The second-order valence-electron chi connectivity index (χ2n) is 3.26. The molecule has 1 aromatic heterocycles. The zero-order valence-electron chi connectivity index (χ0n) is 8.23. The molecule has 0 saturated carbocycles. The molecule has 2 aromatic rings. The van der Waals surface area contributed by atoms with Crippen LogP contribution in [-0.2, 0) is 0 Å². The van der Waals surface area contributed by atoms with Gasteiger partial charge in [-0.1, -0.05) is 0 Å². The molecule has 2 rings (SSSR count). The van der Waals surface area contributed by atoms with E-state index in [4.69, 9.17) is 0 Å². The normalized spacial score (nSPS) is 10.4. The lowest BCUT2D eigenvalue weighted by molar-refractivity contribution is 0.472. The molecule has 0 radical (unpaired) electrons. The highest BCUT2D eigenvalue weighted by Crippen LogP contribution is 2.18. The average Bonchev–Trinajstić information content (AvgIpc) is 2.36. The highest BCUT2D eigenvalue weighted by Gasteiger charge is 2.13. The minimum absolute atomic E-state index is 0.115. The standard InChI is InChI=1S/C10H5FN2O4/c11-4-1-2-5-6(3-4)12-10(16)7(13-17)9(15)8(5)14/h1-3H,(H,12,16)(H,14,15). The van der Waals surface area contributed by atoms with Crippen LogP contribution in [0.1, 0.15) is 0 Å². The first kappa shape index (κ1) is 10.9. The Morgan fingerprint density at radius 1 is 1.29 bits per heavy atom. The molecule has 0 fully saturated rings. The van der Waals surface area contributed by atoms with Gasteiger partial charge >= 0.3 is 0 Å². The molecule has 0 aliphatic heterocycles. The van der Waals surface area contributed by atoms with Crippen molar-refractivity contribution in [2.45, 2.75) is 0 Å². The van der Waals surface area contributed by atoms with Gasteiger partial charge in [0.1, 0.15) is 5.82 Å². The quantitative estimate of drug-likeness (QED) is 0.725. The maximum Gasteiger partial charge on any atom is 0.281 e. The van der Waals surface area contributed by atoms with Crippen molar-refractivity contribution in [2.24, 2.45) is 5.18 Å². The largest absolute Gasteiger partial charge is 0.502 e. The van der Waals surface area contributed by atoms with Crippen molar-refractivity contribution in [3.63, 3.8) is 0 Å². The lowest BCUT2D eigenvalue weighted by atomic mass is 10.2. The number of nitroso groups, excluding NO2 is 1. The Kier molecular flexibility index (Phi) is 2.43. The molecule has 0 aliphatic rings. The van der Waals surface area contributed by atoms with Crippen molar-refractivity contribution in [1.29, 1.82) is 0 Å². The number of halogens is 1. The monoisotopic (exact) mass is 236 g/mol. The third kappa shape index (κ3) is 1.67. The summed E-state index contributed by atoms with van der Waals surface area (Å²) in [5.74, 6) is -1.72. The van der Waals surface area contributed by atoms with E-state index in [0.29, 0.717) is 0 Å². The topological polar surface area (TPSA) is 99.6 Å². The molecule has 17 heavy (non-hydrogen) atoms. The van der Waals surface area contributed by atoms with E-state index in [2.05, 4.69) is 10.2 Å². The molecule has 0 aliphatic carbocycles. The zero-order valence-corrected chi connectivity index (χ0v) is 8.23. The van der Waals surface area contributed by atoms with E-state index in [0.717, 1.165) is 18.2 Å². The molecule has 0 saturated heterocycles. The van der Waals surface area contributed by atoms with Gasteiger partial charge < -0.3 is 10.1 Å². The number of hydrogen-bond acceptors (Lipinski definition) is 5. The van der Waals surface area contributed by atoms with Crippen molar-refractivity contribution in [1.82, 2.24) is 4.98 Å². The molecule has 0 amide bonds. The molecule has 0 bridgehead atoms. The van der Waals surface area contributed by atoms with Gasteiger partial charge in [0.2, 0.25) is 11.1 Å². The van der Waals surface area contributed by atoms with E-state index in [1.54, 1.807) is 0 Å². The Hall–Kier alpha value is -2.57. The number of hydrogen-bond donors (Lipinski definition) is 2. The first-order valence-corrected chi connectivity index (χ1v) is 4.47. The van der Waals surface area contributed by atoms with Crippen LogP contribution in [0.15, 0.2) is 33.0 Å². The van der Waals surface area contributed by atoms with E-state index < -0.39 is 28.2 Å². The predicted octanol–water partition coefficient (Wildman–Crippen LogP) is 1.13. The van der Waals surface area contributed by atoms with Gasteiger partial charge in [-0.3, -0.25) is 9.59 Å². The number of fused-ring (bicyclic) bond motifs is 1. The fraction of sp³-hybridized carbons (Fsp3) is 0. The Labute approximate surface area is 92.3 Å². The van der Waals surface area contributed by atoms with Crippen LogP contribution in [0.4, 0.5) is 10.1 Å². The Morgan fingerprint density at radius 2 is 2.00 bits per heavy atom. The number of aromatic hydroxyl groups is 1. The summed E-state index contributed by atoms with van der Waals surface area (Å²) in [6.45, 7) is 0. The number of H-pyrrole nitrogens is 1. The minimum atomic E-state index is -1.06. The molecular weight excluding hydrogens is 231 g/mol. The molecule has 6 nitrogen and oxygen atoms in total. The highest BCUT2D eigenvalue weighted by molar-refractivity contribution is 5.80. The maximum absolute atomic E-state index is 12.9. The first-order chi connectivity index (χ1) is 8.04. The Balaban J connectivity index is 3.16. The third-order valence-corrected chi connectivity index (χ3v) is 2.22. The third-order valence-electron chi connectivity index (χ3n) is 2.22. The number of aromatic nitrogens is 1. The number of aromatic amines is 1. The van der Waals surface area contributed by atoms with Gasteiger partial charge in [-0.25, -0.2) is 4.39 Å². The lowest BCUT2D eigenvalue weighted by Gasteiger charge is -1.90. The average molecular weight is 236 g/mol. The van der Waals surface area contributed by atoms with Gasteiger partial charge in [-0.15, -0.1) is 4.91 Å². The lowest BCUT2D eigenvalue weighted by Crippen LogP contribution is -2.01. The Morgan fingerprint density at radius 3 is 2.65 bits per heavy atom. The Bertz CT molecular complexity index is 739. The fourth-order valence-corrected chi connectivity index (χ4v) is 1.43. The summed E-state index contributed by atoms with van der Waals surface area (Å²) in [6.07, 6.45) is 0. The van der Waals surface area contributed by atoms with Crippen molar-refractivity contribution in [3.05, 3.63) is 49.5 Å². The molecule has 0 spiro atoms. The first-order valence-electron chi connectivity index (χ1n) is 4.47. The summed E-state index contributed by atoms with van der Waals surface area (Å²) < 4.78 is 12.9. The van der Waals surface area contributed by atoms with Gasteiger partial charge in [0.15, 0.2) is 5.75 Å².